The number of amides is 4. The normalized spacial score (nSPS) is 12.5. The first-order chi connectivity index (χ1) is 70.9. The second-order valence-electron chi connectivity index (χ2n) is 37.6. The van der Waals surface area contributed by atoms with Crippen molar-refractivity contribution in [1.82, 2.24) is 41.3 Å². The number of hydrogen-bond donors (Lipinski definition) is 8. The molecule has 22 nitrogen and oxygen atoms in total. The summed E-state index contributed by atoms with van der Waals surface area (Å²) in [4.78, 5) is 86.6. The maximum Gasteiger partial charge on any atom is 0.306 e. The van der Waals surface area contributed by atoms with Crippen LogP contribution in [0, 0.1) is 29.6 Å². The van der Waals surface area contributed by atoms with E-state index in [2.05, 4.69) is 396 Å². The molecule has 0 aliphatic rings. The lowest BCUT2D eigenvalue weighted by Crippen LogP contribution is -2.42. The van der Waals surface area contributed by atoms with Crippen LogP contribution in [-0.4, -0.2) is 252 Å². The molecular weight excluding hydrogens is 2070 g/mol. The predicted octanol–water partition coefficient (Wildman–Crippen LogP) is 22.0. The molecule has 24 heteroatoms. The van der Waals surface area contributed by atoms with Gasteiger partial charge in [0.25, 0.3) is 0 Å². The molecule has 8 atom stereocenters. The molecule has 0 spiro atoms. The fraction of sp³-hybridized carbons (Fsp3) is 0.492. The lowest BCUT2D eigenvalue weighted by molar-refractivity contribution is -0.142. The van der Waals surface area contributed by atoms with Crippen LogP contribution in [0.2, 0.25) is 0 Å². The van der Waals surface area contributed by atoms with Crippen molar-refractivity contribution in [2.24, 2.45) is 51.0 Å². The number of benzene rings is 9. The van der Waals surface area contributed by atoms with Crippen LogP contribution in [0.1, 0.15) is 208 Å². The largest absolute Gasteiger partial charge is 0.481 e. The van der Waals surface area contributed by atoms with Gasteiger partial charge in [0.2, 0.25) is 23.6 Å². The number of carbonyl (C=O) groups is 5. The van der Waals surface area contributed by atoms with Crippen LogP contribution in [0.15, 0.2) is 296 Å². The third kappa shape index (κ3) is 52.8. The van der Waals surface area contributed by atoms with Crippen LogP contribution in [-0.2, 0) is 59.2 Å². The van der Waals surface area contributed by atoms with Crippen molar-refractivity contribution >= 4 is 86.5 Å². The molecule has 10 N–H and O–H groups in total. The molecule has 9 rings (SSSR count). The van der Waals surface area contributed by atoms with Crippen molar-refractivity contribution in [3.05, 3.63) is 336 Å². The Morgan fingerprint density at radius 2 is 0.601 bits per heavy atom. The highest BCUT2D eigenvalue weighted by atomic mass is 127. The molecular formula is C124H186I2N12O10. The SMILES string of the molecule is C.C.C=C=NCCCN(C)C.C=C=NCCCN(C)C.CCC(CC(CC(C)C(=O)O)(c1ccccc1)c1ccccc1)c1ccccc1.CCC(CC(CC(CC(C)C(=O)NCCNC)C(=O)NCCOCCOCCNC(=O)C(CC(C)C(=O)NCCN(C)C)CC(CC(CC)c1ccccc1)(c1ccccc1)c1ccccc1)(c1ccccc1)c1ccccc1)c1ccccc1.CI.CI.NCCOCCOCCN. The molecule has 0 saturated carbocycles. The zero-order valence-electron chi connectivity index (χ0n) is 90.6. The number of hydrogen-bond acceptors (Lipinski definition) is 17. The van der Waals surface area contributed by atoms with Crippen molar-refractivity contribution in [2.45, 2.75) is 174 Å². The summed E-state index contributed by atoms with van der Waals surface area (Å²) in [7, 11) is 14.0. The molecule has 0 aromatic heterocycles. The number of likely N-dealkylation sites (N-methyl/N-ethyl adjacent to an activating group) is 2. The van der Waals surface area contributed by atoms with Gasteiger partial charge in [0, 0.05) is 105 Å². The highest BCUT2D eigenvalue weighted by molar-refractivity contribution is 14.1. The highest BCUT2D eigenvalue weighted by Gasteiger charge is 2.45. The lowest BCUT2D eigenvalue weighted by atomic mass is 9.62. The van der Waals surface area contributed by atoms with E-state index in [1.54, 1.807) is 0 Å². The summed E-state index contributed by atoms with van der Waals surface area (Å²) < 4.78 is 22.2. The van der Waals surface area contributed by atoms with Crippen LogP contribution < -0.4 is 38.1 Å². The van der Waals surface area contributed by atoms with Gasteiger partial charge in [-0.15, -0.1) is 0 Å². The van der Waals surface area contributed by atoms with Crippen LogP contribution in [0.3, 0.4) is 0 Å². The van der Waals surface area contributed by atoms with E-state index in [-0.39, 0.29) is 82.0 Å². The van der Waals surface area contributed by atoms with Gasteiger partial charge in [-0.2, -0.15) is 0 Å². The summed E-state index contributed by atoms with van der Waals surface area (Å²) in [6, 6.07) is 95.1. The van der Waals surface area contributed by atoms with Gasteiger partial charge in [0.1, 0.15) is 0 Å². The topological polar surface area (TPSA) is 289 Å². The smallest absolute Gasteiger partial charge is 0.306 e. The summed E-state index contributed by atoms with van der Waals surface area (Å²) in [5, 5.41) is 25.4. The third-order valence-electron chi connectivity index (χ3n) is 26.1. The second-order valence-corrected chi connectivity index (χ2v) is 37.6. The number of aliphatic imine (C=N–C) groups is 2. The molecule has 0 saturated heterocycles. The second kappa shape index (κ2) is 84.0. The molecule has 9 aromatic rings. The molecule has 0 bridgehead atoms. The molecule has 0 radical (unpaired) electrons. The van der Waals surface area contributed by atoms with Crippen molar-refractivity contribution in [3.8, 4) is 0 Å². The standard InChI is InChI=1S/C73H98N6O6.C27H30O2.2C7H14N2.C6H16N2O2.2CH3I.2CH4/c1-8-58(60-28-16-10-17-29-60)52-72(64-32-20-12-21-33-64,65-34-22-13-23-35-65)54-62(50-56(3)68(80)75-41-40-74-5)70(82)77-43-46-84-48-49-85-47-44-78-71(83)63(51-57(4)69(81)76-42-45-79(6)7)55-73(66-36-24-14-25-37-66,67-38-26-15-27-39-67)53-59(9-2)61-30-18-11-19-31-61;1-3-22(23-13-7-4-8-14-23)20-27(19-21(2)26(28)29,24-15-9-5-10-16-24)25-17-11-6-12-18-25;2*1-4-8-6-5-7-9(2)3;7-1-3-9-5-6-10-4-2-8;2*1-2;;/h10-39,56-59,62-63,74H,8-9,40-55H2,1-7H3,(H,75,80)(H,76,81)(H,77,82)(H,78,83);4-18,21-22H,3,19-20H2,1-2H3,(H,28,29);2*1,5-7H2,2-3H3;1-8H2;2*1H3;2*1H4. The first kappa shape index (κ1) is 136. The summed E-state index contributed by atoms with van der Waals surface area (Å²) >= 11 is 4.30. The minimum Gasteiger partial charge on any atom is -0.481 e. The maximum atomic E-state index is 14.8. The van der Waals surface area contributed by atoms with Gasteiger partial charge < -0.3 is 76.8 Å². The predicted molar refractivity (Wildman–Crippen MR) is 640 cm³/mol. The van der Waals surface area contributed by atoms with Crippen LogP contribution in [0.5, 0.6) is 0 Å². The fourth-order valence-corrected chi connectivity index (χ4v) is 18.5. The van der Waals surface area contributed by atoms with E-state index in [9.17, 15) is 29.1 Å². The Bertz CT molecular complexity index is 4750. The molecule has 816 valence electrons. The molecule has 9 aromatic carbocycles. The number of nitrogens with one attached hydrogen (secondary N) is 5. The van der Waals surface area contributed by atoms with E-state index in [1.165, 1.54) is 27.8 Å². The Hall–Kier alpha value is -9.71. The Morgan fingerprint density at radius 3 is 0.845 bits per heavy atom. The highest BCUT2D eigenvalue weighted by Crippen LogP contribution is 2.51. The van der Waals surface area contributed by atoms with Gasteiger partial charge in [-0.25, -0.2) is 9.98 Å². The number of ether oxygens (including phenoxy) is 4. The Balaban J connectivity index is 0.00000139. The van der Waals surface area contributed by atoms with E-state index in [0.29, 0.717) is 117 Å². The maximum absolute atomic E-state index is 14.8. The number of nitrogens with two attached hydrogens (primary N) is 2. The fourth-order valence-electron chi connectivity index (χ4n) is 18.5. The summed E-state index contributed by atoms with van der Waals surface area (Å²) in [6.45, 7) is 30.6. The first-order valence-electron chi connectivity index (χ1n) is 52.1. The van der Waals surface area contributed by atoms with Crippen molar-refractivity contribution in [2.75, 3.05) is 191 Å². The summed E-state index contributed by atoms with van der Waals surface area (Å²) in [5.41, 5.74) is 19.7. The quantitative estimate of drug-likeness (QED) is 0.00761. The minimum atomic E-state index is -0.742. The van der Waals surface area contributed by atoms with Gasteiger partial charge in [-0.3, -0.25) is 24.0 Å². The summed E-state index contributed by atoms with van der Waals surface area (Å²) in [6.07, 6.45) is 9.75. The van der Waals surface area contributed by atoms with E-state index in [1.807, 2.05) is 99.1 Å². The average molecular weight is 2260 g/mol. The van der Waals surface area contributed by atoms with Gasteiger partial charge in [0.05, 0.1) is 58.8 Å². The molecule has 0 aliphatic heterocycles. The average Bonchev–Trinajstić information content (AvgIpc) is 0.773. The van der Waals surface area contributed by atoms with Crippen LogP contribution >= 0.6 is 45.2 Å². The van der Waals surface area contributed by atoms with E-state index in [4.69, 9.17) is 30.4 Å². The number of alkyl halides is 2. The number of aliphatic carboxylic acids is 1. The van der Waals surface area contributed by atoms with Crippen molar-refractivity contribution < 1.29 is 48.0 Å². The van der Waals surface area contributed by atoms with E-state index in [0.717, 1.165) is 99.8 Å². The molecule has 8 unspecified atom stereocenters. The molecule has 0 fully saturated rings. The number of carboxylic acids is 1. The summed E-state index contributed by atoms with van der Waals surface area (Å²) in [5.74, 6) is 2.35. The third-order valence-corrected chi connectivity index (χ3v) is 26.1. The Labute approximate surface area is 920 Å². The van der Waals surface area contributed by atoms with E-state index < -0.39 is 46.4 Å². The minimum absolute atomic E-state index is 0. The van der Waals surface area contributed by atoms with Gasteiger partial charge in [0.15, 0.2) is 0 Å². The molecule has 4 amide bonds. The first-order valence-corrected chi connectivity index (χ1v) is 56.4. The van der Waals surface area contributed by atoms with Crippen LogP contribution in [0.25, 0.3) is 0 Å². The zero-order chi connectivity index (χ0) is 107. The van der Waals surface area contributed by atoms with Gasteiger partial charge in [-0.05, 0) is 248 Å². The monoisotopic (exact) mass is 2260 g/mol. The molecule has 148 heavy (non-hydrogen) atoms. The Kier molecular flexibility index (Phi) is 77.3. The number of carboxylic acid groups (broad SMARTS) is 1. The number of rotatable bonds is 63. The van der Waals surface area contributed by atoms with Crippen molar-refractivity contribution in [3.63, 3.8) is 0 Å². The molecule has 0 aliphatic carbocycles. The number of nitrogens with zero attached hydrogens (tertiary/aromatic N) is 5. The van der Waals surface area contributed by atoms with Gasteiger partial charge >= 0.3 is 5.97 Å². The van der Waals surface area contributed by atoms with Crippen molar-refractivity contribution in [1.29, 1.82) is 0 Å². The number of carbonyl (C=O) groups excluding carboxylic acids is 4. The van der Waals surface area contributed by atoms with Gasteiger partial charge in [-0.1, -0.05) is 375 Å². The lowest BCUT2D eigenvalue weighted by Gasteiger charge is -2.41. The molecule has 0 heterocycles. The van der Waals surface area contributed by atoms with E-state index >= 15 is 0 Å². The number of halogens is 2. The Morgan fingerprint density at radius 1 is 0.351 bits per heavy atom. The zero-order valence-corrected chi connectivity index (χ0v) is 94.9. The van der Waals surface area contributed by atoms with Crippen LogP contribution in [0.4, 0.5) is 0 Å².